The maximum absolute atomic E-state index is 5.40. The van der Waals surface area contributed by atoms with Crippen LogP contribution in [0.3, 0.4) is 0 Å². The van der Waals surface area contributed by atoms with E-state index in [1.165, 1.54) is 12.8 Å². The SMILES string of the molecule is COC1CC(CN)C1.Cl. The quantitative estimate of drug-likeness (QED) is 0.634. The minimum atomic E-state index is 0. The summed E-state index contributed by atoms with van der Waals surface area (Å²) >= 11 is 0. The fraction of sp³-hybridized carbons (Fsp3) is 1.00. The summed E-state index contributed by atoms with van der Waals surface area (Å²) in [6.45, 7) is 0.833. The van der Waals surface area contributed by atoms with Crippen molar-refractivity contribution in [1.29, 1.82) is 0 Å². The van der Waals surface area contributed by atoms with E-state index in [0.717, 1.165) is 12.5 Å². The summed E-state index contributed by atoms with van der Waals surface area (Å²) in [5.41, 5.74) is 5.40. The lowest BCUT2D eigenvalue weighted by atomic mass is 9.82. The molecule has 0 saturated heterocycles. The van der Waals surface area contributed by atoms with Crippen molar-refractivity contribution in [2.45, 2.75) is 18.9 Å². The molecule has 1 rings (SSSR count). The molecule has 9 heavy (non-hydrogen) atoms. The predicted octanol–water partition coefficient (Wildman–Crippen LogP) is 0.792. The minimum Gasteiger partial charge on any atom is -0.381 e. The van der Waals surface area contributed by atoms with Gasteiger partial charge < -0.3 is 10.5 Å². The zero-order valence-electron chi connectivity index (χ0n) is 5.67. The molecule has 0 amide bonds. The Labute approximate surface area is 62.2 Å². The first-order valence-corrected chi connectivity index (χ1v) is 3.09. The third-order valence-corrected chi connectivity index (χ3v) is 1.86. The number of nitrogens with two attached hydrogens (primary N) is 1. The molecular formula is C6H14ClNO. The van der Waals surface area contributed by atoms with Crippen LogP contribution in [0.2, 0.25) is 0 Å². The Balaban J connectivity index is 0.000000640. The lowest BCUT2D eigenvalue weighted by Crippen LogP contribution is -2.34. The lowest BCUT2D eigenvalue weighted by molar-refractivity contribution is 0.00431. The number of rotatable bonds is 2. The van der Waals surface area contributed by atoms with Crippen LogP contribution in [0.1, 0.15) is 12.8 Å². The first-order valence-electron chi connectivity index (χ1n) is 3.09. The van der Waals surface area contributed by atoms with Gasteiger partial charge in [0.15, 0.2) is 0 Å². The molecule has 1 fully saturated rings. The van der Waals surface area contributed by atoms with Crippen molar-refractivity contribution in [2.75, 3.05) is 13.7 Å². The zero-order valence-corrected chi connectivity index (χ0v) is 6.49. The average molecular weight is 152 g/mol. The van der Waals surface area contributed by atoms with Crippen LogP contribution in [0.25, 0.3) is 0 Å². The van der Waals surface area contributed by atoms with Gasteiger partial charge >= 0.3 is 0 Å². The van der Waals surface area contributed by atoms with Gasteiger partial charge in [-0.3, -0.25) is 0 Å². The fourth-order valence-electron chi connectivity index (χ4n) is 1.06. The summed E-state index contributed by atoms with van der Waals surface area (Å²) in [4.78, 5) is 0. The van der Waals surface area contributed by atoms with E-state index in [4.69, 9.17) is 10.5 Å². The number of hydrogen-bond donors (Lipinski definition) is 1. The summed E-state index contributed by atoms with van der Waals surface area (Å²) in [5.74, 6) is 0.750. The summed E-state index contributed by atoms with van der Waals surface area (Å²) < 4.78 is 5.06. The molecule has 0 bridgehead atoms. The van der Waals surface area contributed by atoms with Crippen LogP contribution in [0, 0.1) is 5.92 Å². The van der Waals surface area contributed by atoms with E-state index in [-0.39, 0.29) is 12.4 Å². The molecule has 0 aromatic rings. The monoisotopic (exact) mass is 151 g/mol. The molecule has 56 valence electrons. The number of hydrogen-bond acceptors (Lipinski definition) is 2. The normalized spacial score (nSPS) is 32.7. The topological polar surface area (TPSA) is 35.2 Å². The molecular weight excluding hydrogens is 138 g/mol. The first kappa shape index (κ1) is 9.21. The van der Waals surface area contributed by atoms with E-state index in [0.29, 0.717) is 6.10 Å². The van der Waals surface area contributed by atoms with Gasteiger partial charge in [0.05, 0.1) is 6.10 Å². The second kappa shape index (κ2) is 4.09. The molecule has 0 aliphatic heterocycles. The maximum atomic E-state index is 5.40. The minimum absolute atomic E-state index is 0. The highest BCUT2D eigenvalue weighted by Crippen LogP contribution is 2.27. The molecule has 0 heterocycles. The Bertz CT molecular complexity index is 65.5. The van der Waals surface area contributed by atoms with Crippen LogP contribution in [0.4, 0.5) is 0 Å². The van der Waals surface area contributed by atoms with Gasteiger partial charge in [0.1, 0.15) is 0 Å². The van der Waals surface area contributed by atoms with Crippen LogP contribution < -0.4 is 5.73 Å². The van der Waals surface area contributed by atoms with Gasteiger partial charge in [-0.05, 0) is 25.3 Å². The molecule has 1 saturated carbocycles. The van der Waals surface area contributed by atoms with E-state index in [9.17, 15) is 0 Å². The average Bonchev–Trinajstić information content (AvgIpc) is 1.65. The van der Waals surface area contributed by atoms with E-state index in [1.807, 2.05) is 0 Å². The zero-order chi connectivity index (χ0) is 5.98. The first-order chi connectivity index (χ1) is 3.86. The van der Waals surface area contributed by atoms with Crippen molar-refractivity contribution < 1.29 is 4.74 Å². The van der Waals surface area contributed by atoms with Crippen LogP contribution in [0.15, 0.2) is 0 Å². The van der Waals surface area contributed by atoms with Crippen molar-refractivity contribution >= 4 is 12.4 Å². The molecule has 0 spiro atoms. The van der Waals surface area contributed by atoms with Crippen molar-refractivity contribution in [3.63, 3.8) is 0 Å². The molecule has 1 aliphatic carbocycles. The van der Waals surface area contributed by atoms with Crippen molar-refractivity contribution in [3.8, 4) is 0 Å². The third kappa shape index (κ3) is 2.12. The third-order valence-electron chi connectivity index (χ3n) is 1.86. The Morgan fingerprint density at radius 2 is 2.11 bits per heavy atom. The number of ether oxygens (including phenoxy) is 1. The number of halogens is 1. The van der Waals surface area contributed by atoms with Gasteiger partial charge in [-0.15, -0.1) is 12.4 Å². The molecule has 1 aliphatic rings. The van der Waals surface area contributed by atoms with Crippen LogP contribution in [0.5, 0.6) is 0 Å². The molecule has 2 N–H and O–H groups in total. The van der Waals surface area contributed by atoms with Crippen LogP contribution >= 0.6 is 12.4 Å². The Kier molecular flexibility index (Phi) is 4.19. The van der Waals surface area contributed by atoms with Gasteiger partial charge in [0.2, 0.25) is 0 Å². The summed E-state index contributed by atoms with van der Waals surface area (Å²) in [5, 5.41) is 0. The lowest BCUT2D eigenvalue weighted by Gasteiger charge is -2.32. The van der Waals surface area contributed by atoms with Gasteiger partial charge in [-0.1, -0.05) is 0 Å². The highest BCUT2D eigenvalue weighted by atomic mass is 35.5. The molecule has 0 atom stereocenters. The molecule has 0 unspecified atom stereocenters. The molecule has 0 aromatic carbocycles. The fourth-order valence-corrected chi connectivity index (χ4v) is 1.06. The van der Waals surface area contributed by atoms with Crippen LogP contribution in [-0.2, 0) is 4.74 Å². The highest BCUT2D eigenvalue weighted by Gasteiger charge is 2.26. The second-order valence-corrected chi connectivity index (χ2v) is 2.43. The van der Waals surface area contributed by atoms with Crippen molar-refractivity contribution in [2.24, 2.45) is 11.7 Å². The van der Waals surface area contributed by atoms with E-state index < -0.39 is 0 Å². The standard InChI is InChI=1S/C6H13NO.ClH/c1-8-6-2-5(3-6)4-7;/h5-6H,2-4,7H2,1H3;1H. The summed E-state index contributed by atoms with van der Waals surface area (Å²) in [7, 11) is 1.76. The Morgan fingerprint density at radius 3 is 2.44 bits per heavy atom. The largest absolute Gasteiger partial charge is 0.381 e. The maximum Gasteiger partial charge on any atom is 0.0577 e. The smallest absolute Gasteiger partial charge is 0.0577 e. The van der Waals surface area contributed by atoms with Crippen molar-refractivity contribution in [3.05, 3.63) is 0 Å². The Hall–Kier alpha value is 0.210. The van der Waals surface area contributed by atoms with E-state index in [1.54, 1.807) is 7.11 Å². The van der Waals surface area contributed by atoms with Crippen LogP contribution in [-0.4, -0.2) is 19.8 Å². The molecule has 0 radical (unpaired) electrons. The second-order valence-electron chi connectivity index (χ2n) is 2.43. The molecule has 0 aromatic heterocycles. The summed E-state index contributed by atoms with van der Waals surface area (Å²) in [6.07, 6.45) is 2.86. The van der Waals surface area contributed by atoms with Crippen molar-refractivity contribution in [1.82, 2.24) is 0 Å². The van der Waals surface area contributed by atoms with Gasteiger partial charge in [0, 0.05) is 7.11 Å². The van der Waals surface area contributed by atoms with Gasteiger partial charge in [0.25, 0.3) is 0 Å². The highest BCUT2D eigenvalue weighted by molar-refractivity contribution is 5.85. The van der Waals surface area contributed by atoms with E-state index >= 15 is 0 Å². The number of methoxy groups -OCH3 is 1. The molecule has 3 heteroatoms. The Morgan fingerprint density at radius 1 is 1.56 bits per heavy atom. The van der Waals surface area contributed by atoms with Gasteiger partial charge in [-0.2, -0.15) is 0 Å². The molecule has 2 nitrogen and oxygen atoms in total. The van der Waals surface area contributed by atoms with E-state index in [2.05, 4.69) is 0 Å². The van der Waals surface area contributed by atoms with Gasteiger partial charge in [-0.25, -0.2) is 0 Å². The summed E-state index contributed by atoms with van der Waals surface area (Å²) in [6, 6.07) is 0. The predicted molar refractivity (Wildman–Crippen MR) is 39.8 cm³/mol.